The lowest BCUT2D eigenvalue weighted by molar-refractivity contribution is -0.142. The molecule has 1 rings (SSSR count). The number of amides is 16. The number of rotatable bonds is 61. The lowest BCUT2D eigenvalue weighted by Crippen LogP contribution is -2.62. The largest absolute Gasteiger partial charge is 0.508 e. The highest BCUT2D eigenvalue weighted by molar-refractivity contribution is 7.80. The molecule has 37 N–H and O–H groups in total. The molecule has 0 saturated carbocycles. The van der Waals surface area contributed by atoms with Crippen LogP contribution in [-0.4, -0.2) is 326 Å². The summed E-state index contributed by atoms with van der Waals surface area (Å²) in [7, 11) is 0. The lowest BCUT2D eigenvalue weighted by atomic mass is 10.0. The maximum Gasteiger partial charge on any atom is 0.322 e. The van der Waals surface area contributed by atoms with Gasteiger partial charge in [-0.2, -0.15) is 37.9 Å². The average Bonchev–Trinajstić information content (AvgIpc) is 0.812. The average molecular weight is 1860 g/mol. The van der Waals surface area contributed by atoms with Crippen LogP contribution in [0, 0.1) is 22.1 Å². The maximum atomic E-state index is 14.6. The molecule has 1 aromatic carbocycles. The van der Waals surface area contributed by atoms with Crippen molar-refractivity contribution < 1.29 is 132 Å². The molecular formula is C71H116N26O27S3. The van der Waals surface area contributed by atoms with Gasteiger partial charge in [-0.05, 0) is 88.8 Å². The summed E-state index contributed by atoms with van der Waals surface area (Å²) in [6, 6.07) is -20.3. The van der Waals surface area contributed by atoms with Gasteiger partial charge in [-0.25, -0.2) is 0 Å². The second-order valence-electron chi connectivity index (χ2n) is 28.6. The maximum absolute atomic E-state index is 14.6. The third kappa shape index (κ3) is 45.1. The third-order valence-corrected chi connectivity index (χ3v) is 18.9. The fourth-order valence-electron chi connectivity index (χ4n) is 10.9. The van der Waals surface area contributed by atoms with Crippen molar-refractivity contribution in [2.45, 2.75) is 195 Å². The number of aromatic hydroxyl groups is 1. The fraction of sp³-hybridized carbons (Fsp3) is 0.592. The van der Waals surface area contributed by atoms with Crippen molar-refractivity contribution in [1.29, 1.82) is 16.2 Å². The van der Waals surface area contributed by atoms with Crippen LogP contribution in [0.25, 0.3) is 0 Å². The summed E-state index contributed by atoms with van der Waals surface area (Å²) in [6.07, 6.45) is -6.00. The molecule has 0 spiro atoms. The second kappa shape index (κ2) is 59.1. The summed E-state index contributed by atoms with van der Waals surface area (Å²) < 4.78 is 0. The van der Waals surface area contributed by atoms with Crippen LogP contribution in [0.1, 0.15) is 104 Å². The molecule has 0 aliphatic heterocycles. The molecular weight excluding hydrogens is 1750 g/mol. The number of carboxylic acid groups (broad SMARTS) is 4. The van der Waals surface area contributed by atoms with Gasteiger partial charge in [0, 0.05) is 56.2 Å². The highest BCUT2D eigenvalue weighted by Gasteiger charge is 2.39. The number of aliphatic hydroxyl groups excluding tert-OH is 2. The first kappa shape index (κ1) is 112. The summed E-state index contributed by atoms with van der Waals surface area (Å²) >= 11 is 12.2. The van der Waals surface area contributed by atoms with E-state index in [1.54, 1.807) is 0 Å². The van der Waals surface area contributed by atoms with Crippen LogP contribution in [0.5, 0.6) is 5.75 Å². The van der Waals surface area contributed by atoms with Crippen LogP contribution in [0.3, 0.4) is 0 Å². The van der Waals surface area contributed by atoms with Crippen molar-refractivity contribution in [2.24, 2.45) is 28.9 Å². The minimum absolute atomic E-state index is 0.0391. The van der Waals surface area contributed by atoms with Crippen molar-refractivity contribution in [1.82, 2.24) is 101 Å². The van der Waals surface area contributed by atoms with Crippen LogP contribution in [0.2, 0.25) is 0 Å². The van der Waals surface area contributed by atoms with E-state index < -0.39 is 303 Å². The Labute approximate surface area is 742 Å². The first-order chi connectivity index (χ1) is 59.6. The number of nitrogens with two attached hydrogens (primary N) is 4. The molecule has 0 radical (unpaired) electrons. The molecule has 0 heterocycles. The number of hydrogen-bond acceptors (Lipinski definition) is 30. The Morgan fingerprint density at radius 1 is 0.346 bits per heavy atom. The number of carbonyl (C=O) groups is 20. The number of carboxylic acids is 4. The Balaban J connectivity index is 3.67. The fourth-order valence-corrected chi connectivity index (χ4v) is 11.7. The van der Waals surface area contributed by atoms with Gasteiger partial charge in [0.15, 0.2) is 17.9 Å². The van der Waals surface area contributed by atoms with Gasteiger partial charge in [0.2, 0.25) is 94.5 Å². The molecule has 0 aromatic heterocycles. The quantitative estimate of drug-likeness (QED) is 0.0125. The summed E-state index contributed by atoms with van der Waals surface area (Å²) in [4.78, 5) is 267. The van der Waals surface area contributed by atoms with E-state index in [0.717, 1.165) is 6.92 Å². The van der Waals surface area contributed by atoms with Crippen LogP contribution >= 0.6 is 37.9 Å². The number of guanidine groups is 3. The van der Waals surface area contributed by atoms with Crippen LogP contribution < -0.4 is 124 Å². The van der Waals surface area contributed by atoms with Gasteiger partial charge in [0.1, 0.15) is 96.9 Å². The Morgan fingerprint density at radius 2 is 0.661 bits per heavy atom. The van der Waals surface area contributed by atoms with Crippen molar-refractivity contribution in [2.75, 3.05) is 63.2 Å². The normalized spacial score (nSPS) is 14.4. The van der Waals surface area contributed by atoms with Crippen LogP contribution in [0.4, 0.5) is 0 Å². The number of carbonyl (C=O) groups excluding carboxylic acids is 16. The van der Waals surface area contributed by atoms with Gasteiger partial charge in [0.25, 0.3) is 0 Å². The number of phenolic OH excluding ortho intramolecular Hbond substituents is 1. The molecule has 53 nitrogen and oxygen atoms in total. The van der Waals surface area contributed by atoms with E-state index in [1.165, 1.54) is 45.0 Å². The molecule has 0 fully saturated rings. The van der Waals surface area contributed by atoms with E-state index >= 15 is 0 Å². The predicted molar refractivity (Wildman–Crippen MR) is 456 cm³/mol. The van der Waals surface area contributed by atoms with E-state index in [9.17, 15) is 127 Å². The second-order valence-corrected chi connectivity index (χ2v) is 29.7. The Hall–Kier alpha value is -12.8. The predicted octanol–water partition coefficient (Wildman–Crippen LogP) is -13.2. The topological polar surface area (TPSA) is 887 Å². The summed E-state index contributed by atoms with van der Waals surface area (Å²) in [5.74, 6) is -28.6. The number of aliphatic hydroxyl groups is 2. The summed E-state index contributed by atoms with van der Waals surface area (Å²) in [5, 5.41) is 135. The van der Waals surface area contributed by atoms with Crippen LogP contribution in [0.15, 0.2) is 24.3 Å². The standard InChI is InChI=1S/C71H116N26O27S3/c1-31(2)53(97-61(117)40(16-18-50(104)105)89-62(118)41(22-34-11-13-35(100)14-12-34)90-59(115)38(10-7-21-81-71(77)78)87-65(121)44(27-99)93-67(123)46(29-126)94-54(110)32(3)72)68(124)91-42(23-51(106)107)63(119)96-47(30-127)66(122)86-36(8-5-19-79-69(73)74)56(112)82-24-48(101)85-37(9-6-20-80-70(75)76)58(114)88-39(15-17-49(102)103)60(116)92-43(26-98)64(120)84-33(4)55(111)95-45(28-125)57(113)83-25-52(108)109/h11-14,31-33,36-47,53,98-100,125-127H,5-10,15-30,72H2,1-4H3,(H,82,112)(H,83,113)(H,84,120)(H,85,101)(H,86,122)(H,87,121)(H,88,114)(H,89,118)(H,90,115)(H,91,124)(H,92,116)(H,93,123)(H,94,110)(H,95,111)(H,96,119)(H,97,117)(H,102,103)(H,104,105)(H,106,107)(H,108,109)(H4,73,74,79)(H4,75,76,80)(H4,77,78,81)/t32-,33-,36-,37-,38-,39+,40-,41-,42-,43-,44-,45-,46-,47-,53-/m0/s1. The first-order valence-corrected chi connectivity index (χ1v) is 41.0. The number of aliphatic carboxylic acids is 4. The third-order valence-electron chi connectivity index (χ3n) is 17.8. The molecule has 710 valence electrons. The number of benzene rings is 1. The monoisotopic (exact) mass is 1860 g/mol. The van der Waals surface area contributed by atoms with Crippen molar-refractivity contribution in [3.63, 3.8) is 0 Å². The number of thiol groups is 3. The molecule has 15 atom stereocenters. The zero-order valence-electron chi connectivity index (χ0n) is 69.5. The van der Waals surface area contributed by atoms with Gasteiger partial charge >= 0.3 is 23.9 Å². The number of phenols is 1. The van der Waals surface area contributed by atoms with E-state index in [-0.39, 0.29) is 81.0 Å². The van der Waals surface area contributed by atoms with E-state index in [0.29, 0.717) is 0 Å². The zero-order chi connectivity index (χ0) is 96.5. The summed E-state index contributed by atoms with van der Waals surface area (Å²) in [6.45, 7) is 0.811. The van der Waals surface area contributed by atoms with Gasteiger partial charge in [0.05, 0.1) is 32.2 Å². The molecule has 0 unspecified atom stereocenters. The highest BCUT2D eigenvalue weighted by Crippen LogP contribution is 2.15. The number of nitrogens with one attached hydrogen (secondary N) is 22. The molecule has 56 heteroatoms. The SMILES string of the molecule is CC(C)[C@H](NC(=O)[C@H](CCC(=O)O)NC(=O)[C@H](Cc1ccc(O)cc1)NC(=O)[C@H](CCCNC(=N)N)NC(=O)[C@H](CO)NC(=O)[C@H](CS)NC(=O)[C@H](C)N)C(=O)N[C@@H](CC(=O)O)C(=O)N[C@@H](CS)C(=O)N[C@@H](CCCNC(=N)N)C(=O)NCC(=O)N[C@@H](CCCNC(=N)N)C(=O)N[C@H](CCC(=O)O)C(=O)N[C@@H](CO)C(=O)N[C@@H](C)C(=O)N[C@@H](CS)C(=O)NCC(=O)O. The molecule has 16 amide bonds. The van der Waals surface area contributed by atoms with Gasteiger partial charge in [-0.3, -0.25) is 112 Å². The summed E-state index contributed by atoms with van der Waals surface area (Å²) in [5.41, 5.74) is 22.1. The zero-order valence-corrected chi connectivity index (χ0v) is 72.2. The Bertz CT molecular complexity index is 4030. The van der Waals surface area contributed by atoms with Crippen molar-refractivity contribution in [3.05, 3.63) is 29.8 Å². The van der Waals surface area contributed by atoms with Crippen molar-refractivity contribution in [3.8, 4) is 5.75 Å². The Kier molecular flexibility index (Phi) is 52.2. The van der Waals surface area contributed by atoms with E-state index in [2.05, 4.69) is 134 Å². The van der Waals surface area contributed by atoms with E-state index in [4.69, 9.17) is 44.3 Å². The molecule has 1 aromatic rings. The lowest BCUT2D eigenvalue weighted by Gasteiger charge is -2.29. The molecule has 127 heavy (non-hydrogen) atoms. The minimum atomic E-state index is -2.13. The van der Waals surface area contributed by atoms with Gasteiger partial charge < -0.3 is 160 Å². The van der Waals surface area contributed by atoms with Gasteiger partial charge in [-0.15, -0.1) is 0 Å². The first-order valence-electron chi connectivity index (χ1n) is 39.1. The van der Waals surface area contributed by atoms with Gasteiger partial charge in [-0.1, -0.05) is 26.0 Å². The van der Waals surface area contributed by atoms with Crippen molar-refractivity contribution >= 4 is 174 Å². The Morgan fingerprint density at radius 3 is 1.06 bits per heavy atom. The molecule has 0 aliphatic rings. The highest BCUT2D eigenvalue weighted by atomic mass is 32.1. The smallest absolute Gasteiger partial charge is 0.322 e. The molecule has 0 bridgehead atoms. The molecule has 0 saturated heterocycles. The van der Waals surface area contributed by atoms with E-state index in [1.807, 2.05) is 5.32 Å². The number of hydrogen-bond donors (Lipinski definition) is 36. The van der Waals surface area contributed by atoms with Crippen LogP contribution in [-0.2, 0) is 102 Å². The minimum Gasteiger partial charge on any atom is -0.508 e. The molecule has 0 aliphatic carbocycles.